The number of carbonyl (C=O) groups excluding carboxylic acids is 2. The van der Waals surface area contributed by atoms with E-state index in [1.54, 1.807) is 0 Å². The summed E-state index contributed by atoms with van der Waals surface area (Å²) in [6.45, 7) is 10.9. The predicted octanol–water partition coefficient (Wildman–Crippen LogP) is 4.31. The summed E-state index contributed by atoms with van der Waals surface area (Å²) < 4.78 is 0. The first-order valence-electron chi connectivity index (χ1n) is 5.92. The zero-order valence-electron chi connectivity index (χ0n) is 12.6. The second-order valence-corrected chi connectivity index (χ2v) is 3.55. The van der Waals surface area contributed by atoms with Gasteiger partial charge in [0.2, 0.25) is 0 Å². The van der Waals surface area contributed by atoms with Crippen LogP contribution in [0.5, 0.6) is 0 Å². The smallest absolute Gasteiger partial charge is 0.155 e. The Morgan fingerprint density at radius 1 is 0.750 bits per heavy atom. The SMILES string of the molecule is C=CC(=O)CCCC.C=CC(=O)CCCC.S.S.S.S. The fraction of sp³-hybridized carbons (Fsp3) is 0.571. The Labute approximate surface area is 152 Å². The van der Waals surface area contributed by atoms with Gasteiger partial charge in [-0.2, -0.15) is 54.0 Å². The Bertz CT molecular complexity index is 207. The number of rotatable bonds is 8. The molecule has 0 aliphatic heterocycles. The lowest BCUT2D eigenvalue weighted by molar-refractivity contribution is -0.115. The zero-order valence-corrected chi connectivity index (χ0v) is 16.6. The van der Waals surface area contributed by atoms with Crippen molar-refractivity contribution in [2.75, 3.05) is 0 Å². The summed E-state index contributed by atoms with van der Waals surface area (Å²) in [5.41, 5.74) is 0. The van der Waals surface area contributed by atoms with Gasteiger partial charge in [0.15, 0.2) is 11.6 Å². The Balaban J connectivity index is -0.0000000408. The first-order chi connectivity index (χ1) is 7.62. The van der Waals surface area contributed by atoms with Crippen LogP contribution in [0.15, 0.2) is 25.3 Å². The molecule has 0 amide bonds. The van der Waals surface area contributed by atoms with Crippen LogP contribution in [0.4, 0.5) is 0 Å². The molecule has 0 unspecified atom stereocenters. The van der Waals surface area contributed by atoms with E-state index in [2.05, 4.69) is 27.0 Å². The second kappa shape index (κ2) is 31.6. The molecule has 124 valence electrons. The van der Waals surface area contributed by atoms with Gasteiger partial charge in [-0.25, -0.2) is 0 Å². The normalized spacial score (nSPS) is 6.90. The first-order valence-corrected chi connectivity index (χ1v) is 5.92. The van der Waals surface area contributed by atoms with Gasteiger partial charge in [-0.15, -0.1) is 0 Å². The number of ketones is 2. The Morgan fingerprint density at radius 3 is 1.15 bits per heavy atom. The van der Waals surface area contributed by atoms with E-state index in [1.807, 2.05) is 0 Å². The van der Waals surface area contributed by atoms with E-state index >= 15 is 0 Å². The lowest BCUT2D eigenvalue weighted by Crippen LogP contribution is -1.89. The minimum Gasteiger partial charge on any atom is -0.295 e. The number of unbranched alkanes of at least 4 members (excludes halogenated alkanes) is 2. The molecular weight excluding hydrogens is 328 g/mol. The maximum absolute atomic E-state index is 10.5. The Kier molecular flexibility index (Phi) is 58.3. The van der Waals surface area contributed by atoms with Gasteiger partial charge >= 0.3 is 0 Å². The minimum atomic E-state index is 0. The number of hydrogen-bond donors (Lipinski definition) is 0. The van der Waals surface area contributed by atoms with Crippen molar-refractivity contribution in [2.24, 2.45) is 0 Å². The quantitative estimate of drug-likeness (QED) is 0.604. The van der Waals surface area contributed by atoms with Crippen molar-refractivity contribution in [3.63, 3.8) is 0 Å². The minimum absolute atomic E-state index is 0. The molecule has 0 N–H and O–H groups in total. The van der Waals surface area contributed by atoms with Crippen LogP contribution in [0.2, 0.25) is 0 Å². The van der Waals surface area contributed by atoms with Crippen molar-refractivity contribution in [1.29, 1.82) is 0 Å². The fourth-order valence-electron chi connectivity index (χ4n) is 0.906. The molecule has 0 saturated heterocycles. The molecule has 0 aliphatic carbocycles. The standard InChI is InChI=1S/2C7H12O.4H2S/c2*1-3-5-6-7(8)4-2;;;;/h2*4H,2-3,5-6H2,1H3;4*1H2. The van der Waals surface area contributed by atoms with Gasteiger partial charge < -0.3 is 0 Å². The molecule has 6 heteroatoms. The van der Waals surface area contributed by atoms with Gasteiger partial charge in [0.05, 0.1) is 0 Å². The Morgan fingerprint density at radius 2 is 1.00 bits per heavy atom. The summed E-state index contributed by atoms with van der Waals surface area (Å²) in [7, 11) is 0. The molecule has 0 bridgehead atoms. The highest BCUT2D eigenvalue weighted by molar-refractivity contribution is 7.59. The van der Waals surface area contributed by atoms with Crippen molar-refractivity contribution in [3.05, 3.63) is 25.3 Å². The fourth-order valence-corrected chi connectivity index (χ4v) is 0.906. The Hall–Kier alpha value is 0.220. The molecule has 0 saturated carbocycles. The van der Waals surface area contributed by atoms with E-state index in [-0.39, 0.29) is 65.5 Å². The van der Waals surface area contributed by atoms with E-state index in [0.717, 1.165) is 25.7 Å². The molecule has 0 atom stereocenters. The topological polar surface area (TPSA) is 34.1 Å². The van der Waals surface area contributed by atoms with Crippen LogP contribution >= 0.6 is 54.0 Å². The highest BCUT2D eigenvalue weighted by Crippen LogP contribution is 1.94. The molecule has 0 spiro atoms. The third kappa shape index (κ3) is 36.2. The van der Waals surface area contributed by atoms with Crippen LogP contribution in [0, 0.1) is 0 Å². The first kappa shape index (κ1) is 36.9. The molecular formula is C14H32O2S4. The maximum Gasteiger partial charge on any atom is 0.155 e. The van der Waals surface area contributed by atoms with E-state index < -0.39 is 0 Å². The van der Waals surface area contributed by atoms with E-state index in [0.29, 0.717) is 12.8 Å². The lowest BCUT2D eigenvalue weighted by atomic mass is 10.2. The number of hydrogen-bond acceptors (Lipinski definition) is 2. The summed E-state index contributed by atoms with van der Waals surface area (Å²) in [4.78, 5) is 20.9. The van der Waals surface area contributed by atoms with Gasteiger partial charge in [0.1, 0.15) is 0 Å². The van der Waals surface area contributed by atoms with Gasteiger partial charge in [-0.3, -0.25) is 9.59 Å². The molecule has 0 aromatic rings. The van der Waals surface area contributed by atoms with Crippen molar-refractivity contribution >= 4 is 65.5 Å². The summed E-state index contributed by atoms with van der Waals surface area (Å²) >= 11 is 0. The molecule has 0 rings (SSSR count). The second-order valence-electron chi connectivity index (χ2n) is 3.55. The molecule has 0 fully saturated rings. The average molecular weight is 361 g/mol. The molecule has 0 aliphatic rings. The molecule has 0 aromatic heterocycles. The van der Waals surface area contributed by atoms with E-state index in [9.17, 15) is 9.59 Å². The van der Waals surface area contributed by atoms with Crippen LogP contribution in [-0.4, -0.2) is 11.6 Å². The van der Waals surface area contributed by atoms with Crippen molar-refractivity contribution < 1.29 is 9.59 Å². The number of carbonyl (C=O) groups is 2. The maximum atomic E-state index is 10.5. The zero-order chi connectivity index (χ0) is 12.8. The van der Waals surface area contributed by atoms with Crippen LogP contribution in [0.25, 0.3) is 0 Å². The summed E-state index contributed by atoms with van der Waals surface area (Å²) in [6.07, 6.45) is 8.25. The highest BCUT2D eigenvalue weighted by atomic mass is 32.1. The molecule has 2 nitrogen and oxygen atoms in total. The van der Waals surface area contributed by atoms with Gasteiger partial charge in [-0.1, -0.05) is 39.8 Å². The van der Waals surface area contributed by atoms with E-state index in [1.165, 1.54) is 12.2 Å². The van der Waals surface area contributed by atoms with Gasteiger partial charge in [0, 0.05) is 12.8 Å². The van der Waals surface area contributed by atoms with Gasteiger partial charge in [0.25, 0.3) is 0 Å². The summed E-state index contributed by atoms with van der Waals surface area (Å²) in [5, 5.41) is 0. The largest absolute Gasteiger partial charge is 0.295 e. The molecule has 0 aromatic carbocycles. The van der Waals surface area contributed by atoms with Crippen LogP contribution in [-0.2, 0) is 9.59 Å². The predicted molar refractivity (Wildman–Crippen MR) is 111 cm³/mol. The van der Waals surface area contributed by atoms with Crippen molar-refractivity contribution in [3.8, 4) is 0 Å². The summed E-state index contributed by atoms with van der Waals surface area (Å²) in [6, 6.07) is 0. The average Bonchev–Trinajstić information content (AvgIpc) is 2.33. The van der Waals surface area contributed by atoms with Crippen LogP contribution < -0.4 is 0 Å². The third-order valence-corrected chi connectivity index (χ3v) is 2.01. The van der Waals surface area contributed by atoms with Gasteiger partial charge in [-0.05, 0) is 25.0 Å². The van der Waals surface area contributed by atoms with E-state index in [4.69, 9.17) is 0 Å². The van der Waals surface area contributed by atoms with Crippen LogP contribution in [0.3, 0.4) is 0 Å². The number of allylic oxidation sites excluding steroid dienone is 2. The monoisotopic (exact) mass is 360 g/mol. The molecule has 20 heavy (non-hydrogen) atoms. The summed E-state index contributed by atoms with van der Waals surface area (Å²) in [5.74, 6) is 0.318. The third-order valence-electron chi connectivity index (χ3n) is 2.01. The van der Waals surface area contributed by atoms with Crippen molar-refractivity contribution in [1.82, 2.24) is 0 Å². The lowest BCUT2D eigenvalue weighted by Gasteiger charge is -1.88. The molecule has 0 radical (unpaired) electrons. The highest BCUT2D eigenvalue weighted by Gasteiger charge is 1.91. The van der Waals surface area contributed by atoms with Crippen LogP contribution in [0.1, 0.15) is 52.4 Å². The van der Waals surface area contributed by atoms with Crippen molar-refractivity contribution in [2.45, 2.75) is 52.4 Å². The molecule has 0 heterocycles.